The number of hydrogen-bond donors (Lipinski definition) is 1. The van der Waals surface area contributed by atoms with Gasteiger partial charge in [0, 0.05) is 0 Å². The highest BCUT2D eigenvalue weighted by atomic mass is 16.4. The van der Waals surface area contributed by atoms with E-state index in [9.17, 15) is 4.79 Å². The smallest absolute Gasteiger partial charge is 0.306 e. The second-order valence-electron chi connectivity index (χ2n) is 8.67. The summed E-state index contributed by atoms with van der Waals surface area (Å²) >= 11 is 0. The van der Waals surface area contributed by atoms with Crippen molar-refractivity contribution >= 4 is 5.97 Å². The molecule has 0 saturated heterocycles. The van der Waals surface area contributed by atoms with Crippen LogP contribution in [0.5, 0.6) is 0 Å². The van der Waals surface area contributed by atoms with Gasteiger partial charge in [-0.2, -0.15) is 0 Å². The molecule has 0 bridgehead atoms. The van der Waals surface area contributed by atoms with Gasteiger partial charge >= 0.3 is 5.97 Å². The summed E-state index contributed by atoms with van der Waals surface area (Å²) in [6.45, 7) is 6.31. The van der Waals surface area contributed by atoms with Gasteiger partial charge in [-0.25, -0.2) is 0 Å². The summed E-state index contributed by atoms with van der Waals surface area (Å²) in [6.07, 6.45) is 24.5. The van der Waals surface area contributed by atoms with Gasteiger partial charge in [-0.3, -0.25) is 4.79 Å². The maximum atomic E-state index is 10.9. The Labute approximate surface area is 164 Å². The highest BCUT2D eigenvalue weighted by Crippen LogP contribution is 2.19. The van der Waals surface area contributed by atoms with E-state index < -0.39 is 5.97 Å². The fourth-order valence-electron chi connectivity index (χ4n) is 3.86. The second-order valence-corrected chi connectivity index (χ2v) is 8.67. The molecule has 0 aliphatic rings. The summed E-state index contributed by atoms with van der Waals surface area (Å²) in [4.78, 5) is 10.9. The zero-order valence-electron chi connectivity index (χ0n) is 18.2. The first kappa shape index (κ1) is 25.5. The van der Waals surface area contributed by atoms with E-state index in [0.717, 1.165) is 6.42 Å². The molecule has 2 atom stereocenters. The van der Waals surface area contributed by atoms with Gasteiger partial charge in [0.05, 0.1) is 5.92 Å². The molecule has 26 heavy (non-hydrogen) atoms. The van der Waals surface area contributed by atoms with Gasteiger partial charge in [0.1, 0.15) is 0 Å². The highest BCUT2D eigenvalue weighted by Gasteiger charge is 2.14. The third-order valence-electron chi connectivity index (χ3n) is 5.73. The number of carbonyl (C=O) groups is 1. The van der Waals surface area contributed by atoms with Gasteiger partial charge in [0.15, 0.2) is 0 Å². The average Bonchev–Trinajstić information content (AvgIpc) is 2.61. The Morgan fingerprint density at radius 3 is 1.35 bits per heavy atom. The zero-order valence-corrected chi connectivity index (χ0v) is 18.2. The normalized spacial score (nSPS) is 13.7. The number of carboxylic acids is 1. The minimum absolute atomic E-state index is 0.189. The van der Waals surface area contributed by atoms with Crippen molar-refractivity contribution < 1.29 is 9.90 Å². The lowest BCUT2D eigenvalue weighted by molar-refractivity contribution is -0.141. The van der Waals surface area contributed by atoms with Crippen molar-refractivity contribution in [1.29, 1.82) is 0 Å². The van der Waals surface area contributed by atoms with Crippen molar-refractivity contribution in [3.8, 4) is 0 Å². The quantitative estimate of drug-likeness (QED) is 0.219. The molecule has 0 aliphatic heterocycles. The van der Waals surface area contributed by atoms with Crippen molar-refractivity contribution in [3.63, 3.8) is 0 Å². The SMILES string of the molecule is CCCCCCCCCCCCCCCCCCC(C)CC(C)C(=O)O. The number of unbranched alkanes of at least 4 members (excludes halogenated alkanes) is 15. The third-order valence-corrected chi connectivity index (χ3v) is 5.73. The number of hydrogen-bond acceptors (Lipinski definition) is 1. The van der Waals surface area contributed by atoms with Crippen molar-refractivity contribution in [3.05, 3.63) is 0 Å². The Morgan fingerprint density at radius 1 is 0.654 bits per heavy atom. The first-order valence-corrected chi connectivity index (χ1v) is 11.8. The van der Waals surface area contributed by atoms with Crippen molar-refractivity contribution in [2.75, 3.05) is 0 Å². The molecule has 2 heteroatoms. The maximum Gasteiger partial charge on any atom is 0.306 e. The Balaban J connectivity index is 3.16. The van der Waals surface area contributed by atoms with Crippen molar-refractivity contribution in [1.82, 2.24) is 0 Å². The van der Waals surface area contributed by atoms with Gasteiger partial charge in [0.2, 0.25) is 0 Å². The fraction of sp³-hybridized carbons (Fsp3) is 0.958. The topological polar surface area (TPSA) is 37.3 Å². The zero-order chi connectivity index (χ0) is 19.5. The Morgan fingerprint density at radius 2 is 1.00 bits per heavy atom. The monoisotopic (exact) mass is 368 g/mol. The summed E-state index contributed by atoms with van der Waals surface area (Å²) in [6, 6.07) is 0. The van der Waals surface area contributed by atoms with Crippen LogP contribution in [0.25, 0.3) is 0 Å². The Bertz CT molecular complexity index is 301. The van der Waals surface area contributed by atoms with E-state index in [1.54, 1.807) is 0 Å². The summed E-state index contributed by atoms with van der Waals surface area (Å²) in [5, 5.41) is 8.94. The first-order chi connectivity index (χ1) is 12.6. The lowest BCUT2D eigenvalue weighted by Gasteiger charge is -2.13. The molecule has 0 radical (unpaired) electrons. The average molecular weight is 369 g/mol. The van der Waals surface area contributed by atoms with Crippen LogP contribution < -0.4 is 0 Å². The van der Waals surface area contributed by atoms with Crippen LogP contribution in [0.15, 0.2) is 0 Å². The Kier molecular flexibility index (Phi) is 18.8. The van der Waals surface area contributed by atoms with Crippen LogP contribution in [0.2, 0.25) is 0 Å². The number of carboxylic acid groups (broad SMARTS) is 1. The molecule has 0 spiro atoms. The van der Waals surface area contributed by atoms with Crippen LogP contribution in [0.4, 0.5) is 0 Å². The van der Waals surface area contributed by atoms with Crippen LogP contribution in [0.3, 0.4) is 0 Å². The Hall–Kier alpha value is -0.530. The van der Waals surface area contributed by atoms with E-state index >= 15 is 0 Å². The molecule has 0 aliphatic carbocycles. The predicted octanol–water partition coefficient (Wildman–Crippen LogP) is 8.38. The maximum absolute atomic E-state index is 10.9. The summed E-state index contributed by atoms with van der Waals surface area (Å²) in [5.41, 5.74) is 0. The van der Waals surface area contributed by atoms with E-state index in [2.05, 4.69) is 13.8 Å². The van der Waals surface area contributed by atoms with Crippen LogP contribution >= 0.6 is 0 Å². The van der Waals surface area contributed by atoms with Gasteiger partial charge in [-0.05, 0) is 12.3 Å². The summed E-state index contributed by atoms with van der Waals surface area (Å²) in [7, 11) is 0. The van der Waals surface area contributed by atoms with E-state index in [1.807, 2.05) is 6.92 Å². The van der Waals surface area contributed by atoms with Gasteiger partial charge < -0.3 is 5.11 Å². The molecular formula is C24H48O2. The standard InChI is InChI=1S/C24H48O2/c1-4-5-6-7-8-9-10-11-12-13-14-15-16-17-18-19-20-22(2)21-23(3)24(25)26/h22-23H,4-21H2,1-3H3,(H,25,26). The molecule has 0 aromatic rings. The van der Waals surface area contributed by atoms with Crippen molar-refractivity contribution in [2.24, 2.45) is 11.8 Å². The molecule has 2 nitrogen and oxygen atoms in total. The van der Waals surface area contributed by atoms with E-state index in [4.69, 9.17) is 5.11 Å². The molecule has 1 N–H and O–H groups in total. The summed E-state index contributed by atoms with van der Waals surface area (Å²) in [5.74, 6) is -0.289. The third kappa shape index (κ3) is 18.3. The molecule has 0 fully saturated rings. The minimum Gasteiger partial charge on any atom is -0.481 e. The van der Waals surface area contributed by atoms with Crippen LogP contribution in [0, 0.1) is 11.8 Å². The largest absolute Gasteiger partial charge is 0.481 e. The lowest BCUT2D eigenvalue weighted by Crippen LogP contribution is -2.13. The molecule has 0 heterocycles. The van der Waals surface area contributed by atoms with Crippen LogP contribution in [0.1, 0.15) is 136 Å². The molecular weight excluding hydrogens is 320 g/mol. The molecule has 2 unspecified atom stereocenters. The second kappa shape index (κ2) is 19.2. The van der Waals surface area contributed by atoms with E-state index in [-0.39, 0.29) is 5.92 Å². The molecule has 0 rings (SSSR count). The van der Waals surface area contributed by atoms with Crippen LogP contribution in [-0.2, 0) is 4.79 Å². The predicted molar refractivity (Wildman–Crippen MR) is 115 cm³/mol. The molecule has 156 valence electrons. The number of aliphatic carboxylic acids is 1. The van der Waals surface area contributed by atoms with E-state index in [1.165, 1.54) is 109 Å². The highest BCUT2D eigenvalue weighted by molar-refractivity contribution is 5.69. The minimum atomic E-state index is -0.649. The first-order valence-electron chi connectivity index (χ1n) is 11.8. The number of rotatable bonds is 20. The molecule has 0 aromatic heterocycles. The van der Waals surface area contributed by atoms with Gasteiger partial charge in [-0.15, -0.1) is 0 Å². The lowest BCUT2D eigenvalue weighted by atomic mass is 9.92. The van der Waals surface area contributed by atoms with Gasteiger partial charge in [0.25, 0.3) is 0 Å². The van der Waals surface area contributed by atoms with Crippen molar-refractivity contribution in [2.45, 2.75) is 136 Å². The van der Waals surface area contributed by atoms with Gasteiger partial charge in [-0.1, -0.05) is 130 Å². The summed E-state index contributed by atoms with van der Waals surface area (Å²) < 4.78 is 0. The fourth-order valence-corrected chi connectivity index (χ4v) is 3.86. The molecule has 0 saturated carbocycles. The van der Waals surface area contributed by atoms with E-state index in [0.29, 0.717) is 5.92 Å². The molecule has 0 aromatic carbocycles. The van der Waals surface area contributed by atoms with Crippen LogP contribution in [-0.4, -0.2) is 11.1 Å². The molecule has 0 amide bonds.